The van der Waals surface area contributed by atoms with Crippen LogP contribution in [-0.2, 0) is 9.59 Å². The number of carboxylic acids is 1. The van der Waals surface area contributed by atoms with Crippen LogP contribution in [0.15, 0.2) is 18.2 Å². The zero-order chi connectivity index (χ0) is 14.5. The number of rotatable bonds is 6. The highest BCUT2D eigenvalue weighted by atomic mass is 32.2. The Balaban J connectivity index is 1.86. The summed E-state index contributed by atoms with van der Waals surface area (Å²) in [6.45, 7) is 2.07. The lowest BCUT2D eigenvalue weighted by Crippen LogP contribution is -2.28. The third-order valence-electron chi connectivity index (χ3n) is 2.73. The van der Waals surface area contributed by atoms with Crippen LogP contribution in [0, 0.1) is 0 Å². The highest BCUT2D eigenvalue weighted by molar-refractivity contribution is 8.00. The second kappa shape index (κ2) is 6.51. The van der Waals surface area contributed by atoms with Crippen molar-refractivity contribution in [3.05, 3.63) is 23.8 Å². The van der Waals surface area contributed by atoms with Crippen molar-refractivity contribution >= 4 is 23.6 Å². The van der Waals surface area contributed by atoms with Crippen LogP contribution < -0.4 is 14.8 Å². The fraction of sp³-hybridized carbons (Fsp3) is 0.385. The van der Waals surface area contributed by atoms with E-state index in [1.54, 1.807) is 6.07 Å². The van der Waals surface area contributed by atoms with Crippen LogP contribution in [-0.4, -0.2) is 35.3 Å². The van der Waals surface area contributed by atoms with Crippen LogP contribution in [0.25, 0.3) is 0 Å². The van der Waals surface area contributed by atoms with Crippen molar-refractivity contribution in [3.63, 3.8) is 0 Å². The number of aliphatic carboxylic acids is 1. The van der Waals surface area contributed by atoms with Crippen molar-refractivity contribution in [2.75, 3.05) is 18.3 Å². The SMILES string of the molecule is CC(NC(=O)CSCC(=O)O)c1ccc2c(c1)OCO2. The molecule has 0 saturated heterocycles. The molecule has 1 atom stereocenters. The molecule has 0 fully saturated rings. The Morgan fingerprint density at radius 3 is 2.85 bits per heavy atom. The first kappa shape index (κ1) is 14.5. The number of amides is 1. The molecule has 6 nitrogen and oxygen atoms in total. The molecule has 0 spiro atoms. The van der Waals surface area contributed by atoms with Crippen LogP contribution in [0.1, 0.15) is 18.5 Å². The van der Waals surface area contributed by atoms with Crippen LogP contribution in [0.4, 0.5) is 0 Å². The van der Waals surface area contributed by atoms with Crippen LogP contribution in [0.3, 0.4) is 0 Å². The first-order valence-corrected chi connectivity index (χ1v) is 7.20. The lowest BCUT2D eigenvalue weighted by molar-refractivity contribution is -0.133. The third-order valence-corrected chi connectivity index (χ3v) is 3.65. The molecular weight excluding hydrogens is 282 g/mol. The second-order valence-corrected chi connectivity index (χ2v) is 5.27. The van der Waals surface area contributed by atoms with Gasteiger partial charge in [0, 0.05) is 0 Å². The number of ether oxygens (including phenoxy) is 2. The fourth-order valence-corrected chi connectivity index (χ4v) is 2.33. The zero-order valence-electron chi connectivity index (χ0n) is 10.9. The largest absolute Gasteiger partial charge is 0.481 e. The molecule has 2 N–H and O–H groups in total. The number of thioether (sulfide) groups is 1. The van der Waals surface area contributed by atoms with Gasteiger partial charge in [-0.2, -0.15) is 0 Å². The summed E-state index contributed by atoms with van der Waals surface area (Å²) in [6, 6.07) is 5.32. The summed E-state index contributed by atoms with van der Waals surface area (Å²) in [5.41, 5.74) is 0.908. The standard InChI is InChI=1S/C13H15NO5S/c1-8(14-12(15)5-20-6-13(16)17)9-2-3-10-11(4-9)19-7-18-10/h2-4,8H,5-7H2,1H3,(H,14,15)(H,16,17). The molecule has 7 heteroatoms. The number of carbonyl (C=O) groups excluding carboxylic acids is 1. The summed E-state index contributed by atoms with van der Waals surface area (Å²) in [5.74, 6) is 0.300. The van der Waals surface area contributed by atoms with Gasteiger partial charge in [0.1, 0.15) is 0 Å². The topological polar surface area (TPSA) is 84.9 Å². The molecule has 1 aliphatic rings. The van der Waals surface area contributed by atoms with Gasteiger partial charge in [-0.15, -0.1) is 11.8 Å². The Labute approximate surface area is 120 Å². The van der Waals surface area contributed by atoms with E-state index < -0.39 is 5.97 Å². The number of carboxylic acid groups (broad SMARTS) is 1. The van der Waals surface area contributed by atoms with E-state index in [1.807, 2.05) is 19.1 Å². The number of carbonyl (C=O) groups is 2. The molecule has 2 rings (SSSR count). The first-order chi connectivity index (χ1) is 9.56. The maximum atomic E-state index is 11.7. The monoisotopic (exact) mass is 297 g/mol. The van der Waals surface area contributed by atoms with Crippen molar-refractivity contribution in [1.29, 1.82) is 0 Å². The van der Waals surface area contributed by atoms with Gasteiger partial charge in [-0.3, -0.25) is 9.59 Å². The molecule has 0 radical (unpaired) electrons. The van der Waals surface area contributed by atoms with Gasteiger partial charge in [-0.05, 0) is 24.6 Å². The van der Waals surface area contributed by atoms with Crippen molar-refractivity contribution in [2.45, 2.75) is 13.0 Å². The molecule has 0 bridgehead atoms. The van der Waals surface area contributed by atoms with Crippen molar-refractivity contribution in [2.24, 2.45) is 0 Å². The fourth-order valence-electron chi connectivity index (χ4n) is 1.78. The Kier molecular flexibility index (Phi) is 4.73. The molecule has 0 aliphatic carbocycles. The summed E-state index contributed by atoms with van der Waals surface area (Å²) in [7, 11) is 0. The molecule has 20 heavy (non-hydrogen) atoms. The number of hydrogen-bond acceptors (Lipinski definition) is 5. The maximum Gasteiger partial charge on any atom is 0.313 e. The third kappa shape index (κ3) is 3.80. The predicted molar refractivity (Wildman–Crippen MR) is 74.1 cm³/mol. The summed E-state index contributed by atoms with van der Waals surface area (Å²) in [5, 5.41) is 11.3. The Hall–Kier alpha value is -1.89. The van der Waals surface area contributed by atoms with Crippen LogP contribution in [0.2, 0.25) is 0 Å². The number of benzene rings is 1. The molecule has 1 aromatic carbocycles. The average Bonchev–Trinajstić information content (AvgIpc) is 2.85. The highest BCUT2D eigenvalue weighted by Crippen LogP contribution is 2.34. The Bertz CT molecular complexity index is 519. The lowest BCUT2D eigenvalue weighted by atomic mass is 10.1. The quantitative estimate of drug-likeness (QED) is 0.826. The van der Waals surface area contributed by atoms with E-state index in [9.17, 15) is 9.59 Å². The normalized spacial score (nSPS) is 13.8. The predicted octanol–water partition coefficient (Wildman–Crippen LogP) is 1.41. The summed E-state index contributed by atoms with van der Waals surface area (Å²) in [4.78, 5) is 22.0. The van der Waals surface area contributed by atoms with E-state index in [2.05, 4.69) is 5.32 Å². The average molecular weight is 297 g/mol. The molecule has 1 heterocycles. The smallest absolute Gasteiger partial charge is 0.313 e. The molecule has 1 unspecified atom stereocenters. The summed E-state index contributed by atoms with van der Waals surface area (Å²) in [6.07, 6.45) is 0. The van der Waals surface area contributed by atoms with E-state index in [0.29, 0.717) is 11.5 Å². The Morgan fingerprint density at radius 2 is 2.10 bits per heavy atom. The van der Waals surface area contributed by atoms with Gasteiger partial charge < -0.3 is 19.9 Å². The van der Waals surface area contributed by atoms with Crippen LogP contribution in [0.5, 0.6) is 11.5 Å². The van der Waals surface area contributed by atoms with Gasteiger partial charge in [0.25, 0.3) is 0 Å². The highest BCUT2D eigenvalue weighted by Gasteiger charge is 2.16. The van der Waals surface area contributed by atoms with Crippen molar-refractivity contribution < 1.29 is 24.2 Å². The van der Waals surface area contributed by atoms with E-state index in [1.165, 1.54) is 0 Å². The van der Waals surface area contributed by atoms with Gasteiger partial charge in [-0.25, -0.2) is 0 Å². The minimum Gasteiger partial charge on any atom is -0.481 e. The van der Waals surface area contributed by atoms with Crippen molar-refractivity contribution in [3.8, 4) is 11.5 Å². The molecule has 1 aromatic rings. The van der Waals surface area contributed by atoms with E-state index in [-0.39, 0.29) is 30.2 Å². The maximum absolute atomic E-state index is 11.7. The first-order valence-electron chi connectivity index (χ1n) is 6.04. The van der Waals surface area contributed by atoms with Gasteiger partial charge in [-0.1, -0.05) is 6.07 Å². The van der Waals surface area contributed by atoms with Crippen LogP contribution >= 0.6 is 11.8 Å². The molecule has 1 amide bonds. The zero-order valence-corrected chi connectivity index (χ0v) is 11.7. The minimum absolute atomic E-state index is 0.0776. The molecule has 0 aromatic heterocycles. The summed E-state index contributed by atoms with van der Waals surface area (Å²) >= 11 is 1.07. The van der Waals surface area contributed by atoms with Gasteiger partial charge in [0.2, 0.25) is 12.7 Å². The minimum atomic E-state index is -0.924. The molecular formula is C13H15NO5S. The molecule has 0 saturated carbocycles. The molecule has 1 aliphatic heterocycles. The number of nitrogens with one attached hydrogen (secondary N) is 1. The second-order valence-electron chi connectivity index (χ2n) is 4.29. The van der Waals surface area contributed by atoms with E-state index in [0.717, 1.165) is 17.3 Å². The van der Waals surface area contributed by atoms with Crippen molar-refractivity contribution in [1.82, 2.24) is 5.32 Å². The van der Waals surface area contributed by atoms with E-state index >= 15 is 0 Å². The summed E-state index contributed by atoms with van der Waals surface area (Å²) < 4.78 is 10.5. The molecule has 108 valence electrons. The number of hydrogen-bond donors (Lipinski definition) is 2. The van der Waals surface area contributed by atoms with Gasteiger partial charge in [0.15, 0.2) is 11.5 Å². The lowest BCUT2D eigenvalue weighted by Gasteiger charge is -2.14. The van der Waals surface area contributed by atoms with E-state index in [4.69, 9.17) is 14.6 Å². The number of fused-ring (bicyclic) bond motifs is 1. The van der Waals surface area contributed by atoms with Gasteiger partial charge in [0.05, 0.1) is 17.5 Å². The van der Waals surface area contributed by atoms with Gasteiger partial charge >= 0.3 is 5.97 Å². The Morgan fingerprint density at radius 1 is 1.35 bits per heavy atom.